The lowest BCUT2D eigenvalue weighted by atomic mass is 9.77. The lowest BCUT2D eigenvalue weighted by Crippen LogP contribution is -2.27. The molecule has 0 radical (unpaired) electrons. The van der Waals surface area contributed by atoms with Gasteiger partial charge in [0.05, 0.1) is 13.5 Å². The van der Waals surface area contributed by atoms with Crippen LogP contribution in [0, 0.1) is 12.3 Å². The molecule has 0 spiro atoms. The molecule has 1 heterocycles. The average Bonchev–Trinajstić information content (AvgIpc) is 2.99. The number of thiophene rings is 1. The molecule has 0 aliphatic heterocycles. The summed E-state index contributed by atoms with van der Waals surface area (Å²) in [5.41, 5.74) is 6.41. The zero-order valence-corrected chi connectivity index (χ0v) is 12.6. The van der Waals surface area contributed by atoms with Crippen LogP contribution in [0.3, 0.4) is 0 Å². The monoisotopic (exact) mass is 281 g/mol. The van der Waals surface area contributed by atoms with Crippen molar-refractivity contribution in [2.45, 2.75) is 51.5 Å². The second kappa shape index (κ2) is 6.06. The van der Waals surface area contributed by atoms with E-state index in [0.717, 1.165) is 19.3 Å². The Morgan fingerprint density at radius 2 is 2.16 bits per heavy atom. The fourth-order valence-electron chi connectivity index (χ4n) is 3.18. The first-order chi connectivity index (χ1) is 9.04. The van der Waals surface area contributed by atoms with E-state index in [1.165, 1.54) is 29.7 Å². The fraction of sp³-hybridized carbons (Fsp3) is 0.667. The van der Waals surface area contributed by atoms with Gasteiger partial charge in [-0.3, -0.25) is 4.79 Å². The summed E-state index contributed by atoms with van der Waals surface area (Å²) >= 11 is 1.76. The molecule has 1 fully saturated rings. The molecule has 3 nitrogen and oxygen atoms in total. The number of esters is 1. The quantitative estimate of drug-likeness (QED) is 0.839. The van der Waals surface area contributed by atoms with Crippen LogP contribution in [-0.2, 0) is 9.53 Å². The van der Waals surface area contributed by atoms with Crippen molar-refractivity contribution >= 4 is 17.3 Å². The Bertz CT molecular complexity index is 435. The van der Waals surface area contributed by atoms with Crippen LogP contribution >= 0.6 is 11.3 Å². The van der Waals surface area contributed by atoms with Crippen LogP contribution in [0.4, 0.5) is 0 Å². The number of nitrogens with two attached hydrogens (primary N) is 1. The van der Waals surface area contributed by atoms with Crippen LogP contribution in [0.25, 0.3) is 0 Å². The van der Waals surface area contributed by atoms with Crippen molar-refractivity contribution in [1.29, 1.82) is 0 Å². The van der Waals surface area contributed by atoms with Gasteiger partial charge in [0.25, 0.3) is 0 Å². The van der Waals surface area contributed by atoms with Gasteiger partial charge in [-0.25, -0.2) is 0 Å². The van der Waals surface area contributed by atoms with Gasteiger partial charge in [0.2, 0.25) is 0 Å². The predicted octanol–water partition coefficient (Wildman–Crippen LogP) is 3.57. The number of aryl methyl sites for hydroxylation is 1. The molecule has 19 heavy (non-hydrogen) atoms. The van der Waals surface area contributed by atoms with Crippen LogP contribution in [-0.4, -0.2) is 13.1 Å². The maximum Gasteiger partial charge on any atom is 0.306 e. The number of carbonyl (C=O) groups excluding carboxylic acids is 1. The molecular weight excluding hydrogens is 258 g/mol. The molecule has 2 N–H and O–H groups in total. The van der Waals surface area contributed by atoms with Gasteiger partial charge in [0.1, 0.15) is 0 Å². The molecule has 1 unspecified atom stereocenters. The summed E-state index contributed by atoms with van der Waals surface area (Å²) < 4.78 is 4.85. The van der Waals surface area contributed by atoms with Crippen molar-refractivity contribution in [3.63, 3.8) is 0 Å². The maximum atomic E-state index is 11.6. The molecule has 2 rings (SSSR count). The molecule has 0 amide bonds. The SMILES string of the molecule is COC(=O)CC1(CC(N)c2ccc(C)s2)CCCC1. The van der Waals surface area contributed by atoms with Crippen LogP contribution in [0.15, 0.2) is 12.1 Å². The number of carbonyl (C=O) groups is 1. The minimum absolute atomic E-state index is 0.0430. The first kappa shape index (κ1) is 14.5. The van der Waals surface area contributed by atoms with Gasteiger partial charge < -0.3 is 10.5 Å². The number of methoxy groups -OCH3 is 1. The van der Waals surface area contributed by atoms with Gasteiger partial charge in [0, 0.05) is 15.8 Å². The zero-order chi connectivity index (χ0) is 13.9. The predicted molar refractivity (Wildman–Crippen MR) is 78.1 cm³/mol. The highest BCUT2D eigenvalue weighted by Gasteiger charge is 2.38. The molecule has 1 saturated carbocycles. The minimum Gasteiger partial charge on any atom is -0.469 e. The van der Waals surface area contributed by atoms with Crippen molar-refractivity contribution in [1.82, 2.24) is 0 Å². The Kier molecular flexibility index (Phi) is 4.63. The van der Waals surface area contributed by atoms with Crippen LogP contribution in [0.5, 0.6) is 0 Å². The lowest BCUT2D eigenvalue weighted by Gasteiger charge is -2.30. The van der Waals surface area contributed by atoms with Crippen molar-refractivity contribution in [2.75, 3.05) is 7.11 Å². The molecule has 106 valence electrons. The van der Waals surface area contributed by atoms with Crippen LogP contribution in [0.1, 0.15) is 54.3 Å². The molecule has 1 aromatic heterocycles. The summed E-state index contributed by atoms with van der Waals surface area (Å²) in [6, 6.07) is 4.27. The second-order valence-corrected chi connectivity index (χ2v) is 7.04. The number of hydrogen-bond donors (Lipinski definition) is 1. The van der Waals surface area contributed by atoms with E-state index < -0.39 is 0 Å². The van der Waals surface area contributed by atoms with Crippen molar-refractivity contribution in [3.8, 4) is 0 Å². The smallest absolute Gasteiger partial charge is 0.306 e. The molecule has 1 aliphatic carbocycles. The van der Waals surface area contributed by atoms with E-state index in [2.05, 4.69) is 19.1 Å². The highest BCUT2D eigenvalue weighted by molar-refractivity contribution is 7.12. The fourth-order valence-corrected chi connectivity index (χ4v) is 4.05. The van der Waals surface area contributed by atoms with Crippen LogP contribution in [0.2, 0.25) is 0 Å². The molecule has 1 atom stereocenters. The maximum absolute atomic E-state index is 11.6. The van der Waals surface area contributed by atoms with Gasteiger partial charge in [-0.2, -0.15) is 0 Å². The summed E-state index contributed by atoms with van der Waals surface area (Å²) in [6.07, 6.45) is 6.00. The number of rotatable bonds is 5. The van der Waals surface area contributed by atoms with E-state index in [0.29, 0.717) is 6.42 Å². The van der Waals surface area contributed by atoms with Gasteiger partial charge in [-0.15, -0.1) is 11.3 Å². The molecule has 0 aromatic carbocycles. The summed E-state index contributed by atoms with van der Waals surface area (Å²) in [7, 11) is 1.47. The molecule has 0 bridgehead atoms. The molecule has 1 aliphatic rings. The highest BCUT2D eigenvalue weighted by Crippen LogP contribution is 2.47. The normalized spacial score (nSPS) is 19.3. The number of ether oxygens (including phenoxy) is 1. The molecule has 1 aromatic rings. The van der Waals surface area contributed by atoms with Crippen molar-refractivity contribution in [2.24, 2.45) is 11.1 Å². The van der Waals surface area contributed by atoms with Gasteiger partial charge in [-0.1, -0.05) is 12.8 Å². The Hall–Kier alpha value is -0.870. The highest BCUT2D eigenvalue weighted by atomic mass is 32.1. The van der Waals surface area contributed by atoms with Gasteiger partial charge >= 0.3 is 5.97 Å². The Morgan fingerprint density at radius 3 is 2.68 bits per heavy atom. The Morgan fingerprint density at radius 1 is 1.47 bits per heavy atom. The Labute approximate surface area is 119 Å². The minimum atomic E-state index is -0.100. The summed E-state index contributed by atoms with van der Waals surface area (Å²) in [6.45, 7) is 2.10. The lowest BCUT2D eigenvalue weighted by molar-refractivity contribution is -0.143. The standard InChI is InChI=1S/C15H23NO2S/c1-11-5-6-13(19-11)12(16)9-15(7-3-4-8-15)10-14(17)18-2/h5-6,12H,3-4,7-10,16H2,1-2H3. The zero-order valence-electron chi connectivity index (χ0n) is 11.8. The van der Waals surface area contributed by atoms with E-state index in [4.69, 9.17) is 10.5 Å². The number of hydrogen-bond acceptors (Lipinski definition) is 4. The third-order valence-corrected chi connectivity index (χ3v) is 5.32. The Balaban J connectivity index is 2.06. The molecular formula is C15H23NO2S. The van der Waals surface area contributed by atoms with E-state index in [-0.39, 0.29) is 17.4 Å². The molecule has 4 heteroatoms. The first-order valence-corrected chi connectivity index (χ1v) is 7.75. The second-order valence-electron chi connectivity index (χ2n) is 5.72. The van der Waals surface area contributed by atoms with E-state index in [9.17, 15) is 4.79 Å². The summed E-state index contributed by atoms with van der Waals surface area (Å²) in [5, 5.41) is 0. The van der Waals surface area contributed by atoms with Crippen molar-refractivity contribution in [3.05, 3.63) is 21.9 Å². The molecule has 0 saturated heterocycles. The topological polar surface area (TPSA) is 52.3 Å². The van der Waals surface area contributed by atoms with Gasteiger partial charge in [0.15, 0.2) is 0 Å². The summed E-state index contributed by atoms with van der Waals surface area (Å²) in [5.74, 6) is -0.100. The van der Waals surface area contributed by atoms with Gasteiger partial charge in [-0.05, 0) is 43.7 Å². The third-order valence-electron chi connectivity index (χ3n) is 4.19. The van der Waals surface area contributed by atoms with Crippen LogP contribution < -0.4 is 5.73 Å². The average molecular weight is 281 g/mol. The van der Waals surface area contributed by atoms with E-state index in [1.54, 1.807) is 11.3 Å². The first-order valence-electron chi connectivity index (χ1n) is 6.93. The van der Waals surface area contributed by atoms with Crippen molar-refractivity contribution < 1.29 is 9.53 Å². The van der Waals surface area contributed by atoms with E-state index >= 15 is 0 Å². The third kappa shape index (κ3) is 3.57. The summed E-state index contributed by atoms with van der Waals surface area (Å²) in [4.78, 5) is 14.2. The largest absolute Gasteiger partial charge is 0.469 e. The van der Waals surface area contributed by atoms with E-state index in [1.807, 2.05) is 0 Å².